The molecule has 28 heavy (non-hydrogen) atoms. The summed E-state index contributed by atoms with van der Waals surface area (Å²) in [5.41, 5.74) is 2.66. The minimum absolute atomic E-state index is 0.0714. The molecule has 0 radical (unpaired) electrons. The van der Waals surface area contributed by atoms with E-state index in [0.29, 0.717) is 6.54 Å². The fourth-order valence-corrected chi connectivity index (χ4v) is 3.41. The summed E-state index contributed by atoms with van der Waals surface area (Å²) < 4.78 is 6.69. The van der Waals surface area contributed by atoms with Crippen molar-refractivity contribution in [3.05, 3.63) is 64.5 Å². The summed E-state index contributed by atoms with van der Waals surface area (Å²) in [6.07, 6.45) is 3.46. The molecule has 146 valence electrons. The molecule has 4 rings (SSSR count). The fourth-order valence-electron chi connectivity index (χ4n) is 3.41. The van der Waals surface area contributed by atoms with Crippen LogP contribution in [0, 0.1) is 6.92 Å². The minimum atomic E-state index is -0.0714. The first-order valence-electron chi connectivity index (χ1n) is 9.53. The van der Waals surface area contributed by atoms with Gasteiger partial charge in [0.25, 0.3) is 5.56 Å². The molecule has 8 nitrogen and oxygen atoms in total. The number of hydrogen-bond donors (Lipinski definition) is 0. The average Bonchev–Trinajstić information content (AvgIpc) is 3.14. The Morgan fingerprint density at radius 3 is 2.46 bits per heavy atom. The van der Waals surface area contributed by atoms with Crippen molar-refractivity contribution in [2.24, 2.45) is 0 Å². The normalized spacial score (nSPS) is 15.8. The minimum Gasteiger partial charge on any atom is -0.361 e. The Morgan fingerprint density at radius 2 is 1.75 bits per heavy atom. The summed E-state index contributed by atoms with van der Waals surface area (Å²) in [4.78, 5) is 21.0. The van der Waals surface area contributed by atoms with Crippen LogP contribution in [0.5, 0.6) is 0 Å². The van der Waals surface area contributed by atoms with E-state index in [2.05, 4.69) is 25.0 Å². The first kappa shape index (κ1) is 18.5. The molecule has 1 saturated heterocycles. The van der Waals surface area contributed by atoms with E-state index in [1.54, 1.807) is 29.2 Å². The number of aromatic nitrogens is 4. The first-order valence-corrected chi connectivity index (χ1v) is 9.53. The van der Waals surface area contributed by atoms with Crippen LogP contribution < -0.4 is 5.56 Å². The Kier molecular flexibility index (Phi) is 5.59. The summed E-state index contributed by atoms with van der Waals surface area (Å²) in [7, 11) is 0. The van der Waals surface area contributed by atoms with Crippen LogP contribution in [0.2, 0.25) is 0 Å². The van der Waals surface area contributed by atoms with Crippen LogP contribution in [-0.2, 0) is 13.1 Å². The fraction of sp³-hybridized carbons (Fsp3) is 0.400. The van der Waals surface area contributed by atoms with E-state index in [-0.39, 0.29) is 5.56 Å². The Balaban J connectivity index is 1.31. The van der Waals surface area contributed by atoms with Gasteiger partial charge in [0.05, 0.1) is 17.9 Å². The van der Waals surface area contributed by atoms with Crippen molar-refractivity contribution in [3.63, 3.8) is 0 Å². The Bertz CT molecular complexity index is 960. The quantitative estimate of drug-likeness (QED) is 0.640. The maximum Gasteiger partial charge on any atom is 0.266 e. The summed E-state index contributed by atoms with van der Waals surface area (Å²) in [5.74, 6) is 0.848. The summed E-state index contributed by atoms with van der Waals surface area (Å²) in [6, 6.07) is 9.12. The lowest BCUT2D eigenvalue weighted by atomic mass is 10.2. The van der Waals surface area contributed by atoms with Crippen LogP contribution in [0.25, 0.3) is 11.3 Å². The summed E-state index contributed by atoms with van der Waals surface area (Å²) in [5, 5.41) is 8.59. The number of rotatable bonds is 6. The molecule has 0 atom stereocenters. The molecule has 0 amide bonds. The van der Waals surface area contributed by atoms with Crippen LogP contribution in [0.15, 0.2) is 52.0 Å². The van der Waals surface area contributed by atoms with Crippen LogP contribution in [-0.4, -0.2) is 62.4 Å². The molecule has 0 aliphatic carbocycles. The molecule has 0 aromatic carbocycles. The van der Waals surface area contributed by atoms with Crippen molar-refractivity contribution in [2.75, 3.05) is 32.7 Å². The zero-order chi connectivity index (χ0) is 19.3. The number of piperazine rings is 1. The third-order valence-corrected chi connectivity index (χ3v) is 5.00. The van der Waals surface area contributed by atoms with Gasteiger partial charge in [-0.3, -0.25) is 19.6 Å². The summed E-state index contributed by atoms with van der Waals surface area (Å²) >= 11 is 0. The third kappa shape index (κ3) is 4.52. The molecule has 0 unspecified atom stereocenters. The van der Waals surface area contributed by atoms with E-state index >= 15 is 0 Å². The van der Waals surface area contributed by atoms with Gasteiger partial charge < -0.3 is 4.52 Å². The molecule has 1 fully saturated rings. The number of nitrogens with zero attached hydrogens (tertiary/aromatic N) is 6. The maximum absolute atomic E-state index is 12.2. The van der Waals surface area contributed by atoms with Crippen molar-refractivity contribution in [2.45, 2.75) is 20.0 Å². The zero-order valence-corrected chi connectivity index (χ0v) is 16.0. The highest BCUT2D eigenvalue weighted by molar-refractivity contribution is 5.56. The average molecular weight is 380 g/mol. The molecule has 0 spiro atoms. The molecule has 0 N–H and O–H groups in total. The van der Waals surface area contributed by atoms with Gasteiger partial charge in [0.2, 0.25) is 0 Å². The molecule has 1 aliphatic heterocycles. The third-order valence-electron chi connectivity index (χ3n) is 5.00. The van der Waals surface area contributed by atoms with Gasteiger partial charge in [0.1, 0.15) is 5.76 Å². The van der Waals surface area contributed by atoms with Gasteiger partial charge in [-0.2, -0.15) is 5.10 Å². The SMILES string of the molecule is Cc1cc(CN2CCN(CCn3nc(-c4ccncc4)ccc3=O)CC2)no1. The van der Waals surface area contributed by atoms with Gasteiger partial charge in [-0.15, -0.1) is 0 Å². The van der Waals surface area contributed by atoms with Crippen molar-refractivity contribution >= 4 is 0 Å². The molecule has 3 aromatic rings. The predicted molar refractivity (Wildman–Crippen MR) is 105 cm³/mol. The van der Waals surface area contributed by atoms with Crippen molar-refractivity contribution < 1.29 is 4.52 Å². The standard InChI is InChI=1S/C20H24N6O2/c1-16-14-18(23-28-16)15-25-10-8-24(9-11-25)12-13-26-20(27)3-2-19(22-26)17-4-6-21-7-5-17/h2-7,14H,8-13,15H2,1H3. The summed E-state index contributed by atoms with van der Waals surface area (Å²) in [6.45, 7) is 8.01. The predicted octanol–water partition coefficient (Wildman–Crippen LogP) is 1.42. The smallest absolute Gasteiger partial charge is 0.266 e. The highest BCUT2D eigenvalue weighted by Gasteiger charge is 2.18. The second-order valence-corrected chi connectivity index (χ2v) is 7.06. The van der Waals surface area contributed by atoms with Crippen LogP contribution in [0.3, 0.4) is 0 Å². The largest absolute Gasteiger partial charge is 0.361 e. The van der Waals surface area contributed by atoms with Gasteiger partial charge in [-0.1, -0.05) is 5.16 Å². The molecule has 0 saturated carbocycles. The number of pyridine rings is 1. The van der Waals surface area contributed by atoms with Crippen molar-refractivity contribution in [1.82, 2.24) is 29.7 Å². The highest BCUT2D eigenvalue weighted by atomic mass is 16.5. The van der Waals surface area contributed by atoms with Gasteiger partial charge in [0.15, 0.2) is 0 Å². The molecule has 0 bridgehead atoms. The van der Waals surface area contributed by atoms with Crippen molar-refractivity contribution in [1.29, 1.82) is 0 Å². The van der Waals surface area contributed by atoms with E-state index in [1.165, 1.54) is 0 Å². The molecular weight excluding hydrogens is 356 g/mol. The number of hydrogen-bond acceptors (Lipinski definition) is 7. The van der Waals surface area contributed by atoms with Gasteiger partial charge in [0, 0.05) is 69.4 Å². The number of aryl methyl sites for hydroxylation is 1. The van der Waals surface area contributed by atoms with Gasteiger partial charge >= 0.3 is 0 Å². The molecule has 4 heterocycles. The van der Waals surface area contributed by atoms with Gasteiger partial charge in [-0.25, -0.2) is 4.68 Å². The second-order valence-electron chi connectivity index (χ2n) is 7.06. The van der Waals surface area contributed by atoms with E-state index in [1.807, 2.05) is 25.1 Å². The van der Waals surface area contributed by atoms with E-state index in [4.69, 9.17) is 4.52 Å². The molecule has 8 heteroatoms. The Hall–Kier alpha value is -2.84. The Morgan fingerprint density at radius 1 is 1.00 bits per heavy atom. The first-order chi connectivity index (χ1) is 13.7. The van der Waals surface area contributed by atoms with E-state index in [9.17, 15) is 4.79 Å². The highest BCUT2D eigenvalue weighted by Crippen LogP contribution is 2.13. The van der Waals surface area contributed by atoms with Gasteiger partial charge in [-0.05, 0) is 25.1 Å². The van der Waals surface area contributed by atoms with Crippen LogP contribution >= 0.6 is 0 Å². The van der Waals surface area contributed by atoms with Crippen molar-refractivity contribution in [3.8, 4) is 11.3 Å². The van der Waals surface area contributed by atoms with Crippen LogP contribution in [0.4, 0.5) is 0 Å². The molecule has 1 aliphatic rings. The lowest BCUT2D eigenvalue weighted by Crippen LogP contribution is -2.47. The van der Waals surface area contributed by atoms with E-state index in [0.717, 1.165) is 62.0 Å². The molecule has 3 aromatic heterocycles. The molecular formula is C20H24N6O2. The van der Waals surface area contributed by atoms with E-state index < -0.39 is 0 Å². The second kappa shape index (κ2) is 8.45. The lowest BCUT2D eigenvalue weighted by molar-refractivity contribution is 0.120. The Labute approximate surface area is 163 Å². The monoisotopic (exact) mass is 380 g/mol. The maximum atomic E-state index is 12.2. The topological polar surface area (TPSA) is 80.3 Å². The zero-order valence-electron chi connectivity index (χ0n) is 16.0. The van der Waals surface area contributed by atoms with Crippen LogP contribution in [0.1, 0.15) is 11.5 Å². The lowest BCUT2D eigenvalue weighted by Gasteiger charge is -2.34.